The molecule has 0 radical (unpaired) electrons. The fraction of sp³-hybridized carbons (Fsp3) is 0.263. The second kappa shape index (κ2) is 6.30. The van der Waals surface area contributed by atoms with E-state index in [1.165, 1.54) is 18.5 Å². The van der Waals surface area contributed by atoms with E-state index in [-0.39, 0.29) is 0 Å². The highest BCUT2D eigenvalue weighted by molar-refractivity contribution is 5.50. The maximum absolute atomic E-state index is 3.46. The van der Waals surface area contributed by atoms with Gasteiger partial charge in [-0.2, -0.15) is 0 Å². The topological polar surface area (TPSA) is 3.24 Å². The maximum atomic E-state index is 3.46. The molecule has 0 amide bonds. The van der Waals surface area contributed by atoms with E-state index in [0.29, 0.717) is 6.04 Å². The molecule has 0 aromatic heterocycles. The number of hydrogen-bond acceptors (Lipinski definition) is 1. The van der Waals surface area contributed by atoms with Gasteiger partial charge in [0.1, 0.15) is 0 Å². The molecule has 1 atom stereocenters. The Morgan fingerprint density at radius 2 is 1.55 bits per heavy atom. The van der Waals surface area contributed by atoms with Gasteiger partial charge >= 0.3 is 0 Å². The van der Waals surface area contributed by atoms with Crippen molar-refractivity contribution >= 4 is 5.69 Å². The van der Waals surface area contributed by atoms with Gasteiger partial charge in [-0.1, -0.05) is 48.2 Å². The number of hydrogen-bond donors (Lipinski definition) is 0. The summed E-state index contributed by atoms with van der Waals surface area (Å²) in [5.74, 6) is 6.78. The lowest BCUT2D eigenvalue weighted by Crippen LogP contribution is -2.38. The quantitative estimate of drug-likeness (QED) is 0.699. The number of piperidine rings is 1. The summed E-state index contributed by atoms with van der Waals surface area (Å²) >= 11 is 0. The van der Waals surface area contributed by atoms with Crippen LogP contribution in [-0.4, -0.2) is 12.6 Å². The Labute approximate surface area is 121 Å². The van der Waals surface area contributed by atoms with Crippen LogP contribution >= 0.6 is 0 Å². The molecule has 20 heavy (non-hydrogen) atoms. The van der Waals surface area contributed by atoms with Crippen LogP contribution in [0.2, 0.25) is 0 Å². The lowest BCUT2D eigenvalue weighted by molar-refractivity contribution is 0.524. The van der Waals surface area contributed by atoms with Gasteiger partial charge < -0.3 is 4.90 Å². The standard InChI is InChI=1S/C19H19N/c1-3-9-17(10-4-1)14-15-19-13-7-8-16-20(19)18-11-5-2-6-12-18/h1-6,9-12,19H,7-8,13,16H2/t19-/m1/s1. The molecular formula is C19H19N. The van der Waals surface area contributed by atoms with Crippen LogP contribution in [0.1, 0.15) is 24.8 Å². The molecule has 1 heterocycles. The third kappa shape index (κ3) is 3.03. The highest BCUT2D eigenvalue weighted by Crippen LogP contribution is 2.24. The number of benzene rings is 2. The molecule has 0 unspecified atom stereocenters. The van der Waals surface area contributed by atoms with Crippen molar-refractivity contribution in [3.8, 4) is 11.8 Å². The minimum atomic E-state index is 0.339. The summed E-state index contributed by atoms with van der Waals surface area (Å²) in [6.45, 7) is 1.11. The highest BCUT2D eigenvalue weighted by atomic mass is 15.2. The number of rotatable bonds is 1. The summed E-state index contributed by atoms with van der Waals surface area (Å²) in [6.07, 6.45) is 3.70. The zero-order valence-electron chi connectivity index (χ0n) is 11.6. The molecule has 1 aliphatic heterocycles. The van der Waals surface area contributed by atoms with E-state index < -0.39 is 0 Å². The number of anilines is 1. The first-order valence-corrected chi connectivity index (χ1v) is 7.32. The van der Waals surface area contributed by atoms with Crippen molar-refractivity contribution in [2.75, 3.05) is 11.4 Å². The van der Waals surface area contributed by atoms with Crippen LogP contribution in [0.5, 0.6) is 0 Å². The van der Waals surface area contributed by atoms with Crippen molar-refractivity contribution in [3.63, 3.8) is 0 Å². The third-order valence-corrected chi connectivity index (χ3v) is 3.75. The van der Waals surface area contributed by atoms with E-state index in [1.807, 2.05) is 18.2 Å². The first kappa shape index (κ1) is 12.8. The van der Waals surface area contributed by atoms with Crippen LogP contribution < -0.4 is 4.90 Å². The molecule has 0 bridgehead atoms. The van der Waals surface area contributed by atoms with Gasteiger partial charge in [0.05, 0.1) is 6.04 Å². The molecule has 2 aromatic rings. The second-order valence-corrected chi connectivity index (χ2v) is 5.18. The van der Waals surface area contributed by atoms with Crippen molar-refractivity contribution in [1.29, 1.82) is 0 Å². The average molecular weight is 261 g/mol. The van der Waals surface area contributed by atoms with Crippen LogP contribution in [0.3, 0.4) is 0 Å². The van der Waals surface area contributed by atoms with Crippen molar-refractivity contribution in [2.24, 2.45) is 0 Å². The Bertz CT molecular complexity index is 592. The van der Waals surface area contributed by atoms with E-state index in [9.17, 15) is 0 Å². The molecule has 1 nitrogen and oxygen atoms in total. The molecule has 0 saturated carbocycles. The Balaban J connectivity index is 1.82. The van der Waals surface area contributed by atoms with Gasteiger partial charge in [0.2, 0.25) is 0 Å². The normalized spacial score (nSPS) is 18.2. The van der Waals surface area contributed by atoms with Gasteiger partial charge in [0.25, 0.3) is 0 Å². The molecule has 1 saturated heterocycles. The van der Waals surface area contributed by atoms with Crippen molar-refractivity contribution in [3.05, 3.63) is 66.2 Å². The van der Waals surface area contributed by atoms with Crippen molar-refractivity contribution < 1.29 is 0 Å². The largest absolute Gasteiger partial charge is 0.358 e. The van der Waals surface area contributed by atoms with E-state index in [1.54, 1.807) is 0 Å². The van der Waals surface area contributed by atoms with E-state index >= 15 is 0 Å². The molecule has 1 heteroatoms. The monoisotopic (exact) mass is 261 g/mol. The van der Waals surface area contributed by atoms with Gasteiger partial charge in [-0.05, 0) is 43.5 Å². The fourth-order valence-electron chi connectivity index (χ4n) is 2.70. The molecule has 3 rings (SSSR count). The predicted octanol–water partition coefficient (Wildman–Crippen LogP) is 4.10. The van der Waals surface area contributed by atoms with Crippen LogP contribution in [0.25, 0.3) is 0 Å². The molecule has 0 spiro atoms. The summed E-state index contributed by atoms with van der Waals surface area (Å²) in [4.78, 5) is 2.44. The lowest BCUT2D eigenvalue weighted by atomic mass is 10.0. The summed E-state index contributed by atoms with van der Waals surface area (Å²) in [7, 11) is 0. The highest BCUT2D eigenvalue weighted by Gasteiger charge is 2.20. The number of nitrogens with zero attached hydrogens (tertiary/aromatic N) is 1. The molecule has 2 aromatic carbocycles. The van der Waals surface area contributed by atoms with Gasteiger partial charge in [-0.3, -0.25) is 0 Å². The Hall–Kier alpha value is -2.20. The Morgan fingerprint density at radius 1 is 0.850 bits per heavy atom. The molecule has 0 N–H and O–H groups in total. The lowest BCUT2D eigenvalue weighted by Gasteiger charge is -2.34. The second-order valence-electron chi connectivity index (χ2n) is 5.18. The predicted molar refractivity (Wildman–Crippen MR) is 84.7 cm³/mol. The molecule has 100 valence electrons. The Kier molecular flexibility index (Phi) is 4.04. The fourth-order valence-corrected chi connectivity index (χ4v) is 2.70. The van der Waals surface area contributed by atoms with E-state index in [0.717, 1.165) is 18.5 Å². The third-order valence-electron chi connectivity index (χ3n) is 3.75. The molecule has 1 fully saturated rings. The summed E-state index contributed by atoms with van der Waals surface area (Å²) in [5.41, 5.74) is 2.39. The van der Waals surface area contributed by atoms with E-state index in [4.69, 9.17) is 0 Å². The molecular weight excluding hydrogens is 242 g/mol. The van der Waals surface area contributed by atoms with Crippen LogP contribution in [0.4, 0.5) is 5.69 Å². The van der Waals surface area contributed by atoms with Gasteiger partial charge in [-0.25, -0.2) is 0 Å². The van der Waals surface area contributed by atoms with Crippen molar-refractivity contribution in [2.45, 2.75) is 25.3 Å². The SMILES string of the molecule is C(#C[C@H]1CCCCN1c1ccccc1)c1ccccc1. The smallest absolute Gasteiger partial charge is 0.0907 e. The van der Waals surface area contributed by atoms with Gasteiger partial charge in [0.15, 0.2) is 0 Å². The van der Waals surface area contributed by atoms with E-state index in [2.05, 4.69) is 59.2 Å². The van der Waals surface area contributed by atoms with Gasteiger partial charge in [0, 0.05) is 17.8 Å². The summed E-state index contributed by atoms with van der Waals surface area (Å²) in [6, 6.07) is 21.2. The van der Waals surface area contributed by atoms with Crippen LogP contribution in [0, 0.1) is 11.8 Å². The first-order chi connectivity index (χ1) is 9.93. The minimum Gasteiger partial charge on any atom is -0.358 e. The maximum Gasteiger partial charge on any atom is 0.0907 e. The molecule has 1 aliphatic rings. The first-order valence-electron chi connectivity index (χ1n) is 7.32. The molecule has 0 aliphatic carbocycles. The number of para-hydroxylation sites is 1. The summed E-state index contributed by atoms with van der Waals surface area (Å²) < 4.78 is 0. The van der Waals surface area contributed by atoms with Crippen molar-refractivity contribution in [1.82, 2.24) is 0 Å². The zero-order chi connectivity index (χ0) is 13.6. The Morgan fingerprint density at radius 3 is 2.30 bits per heavy atom. The minimum absolute atomic E-state index is 0.339. The van der Waals surface area contributed by atoms with Crippen LogP contribution in [-0.2, 0) is 0 Å². The van der Waals surface area contributed by atoms with Crippen LogP contribution in [0.15, 0.2) is 60.7 Å². The zero-order valence-corrected chi connectivity index (χ0v) is 11.6. The summed E-state index contributed by atoms with van der Waals surface area (Å²) in [5, 5.41) is 0. The average Bonchev–Trinajstić information content (AvgIpc) is 2.55. The van der Waals surface area contributed by atoms with Gasteiger partial charge in [-0.15, -0.1) is 0 Å².